The molecule has 0 amide bonds. The van der Waals surface area contributed by atoms with Crippen molar-refractivity contribution in [1.82, 2.24) is 5.32 Å². The van der Waals surface area contributed by atoms with Crippen LogP contribution in [0.3, 0.4) is 0 Å². The fraction of sp³-hybridized carbons (Fsp3) is 0.333. The van der Waals surface area contributed by atoms with E-state index in [9.17, 15) is 5.11 Å². The van der Waals surface area contributed by atoms with Gasteiger partial charge in [0.25, 0.3) is 0 Å². The van der Waals surface area contributed by atoms with Crippen molar-refractivity contribution in [1.29, 1.82) is 0 Å². The second kappa shape index (κ2) is 8.79. The maximum atomic E-state index is 9.19. The fourth-order valence-electron chi connectivity index (χ4n) is 2.09. The van der Waals surface area contributed by atoms with Gasteiger partial charge in [0.2, 0.25) is 0 Å². The quantitative estimate of drug-likeness (QED) is 0.778. The number of rotatable bonds is 8. The van der Waals surface area contributed by atoms with Gasteiger partial charge in [-0.3, -0.25) is 0 Å². The maximum Gasteiger partial charge on any atom is 0.120 e. The molecule has 0 radical (unpaired) electrons. The highest BCUT2D eigenvalue weighted by Gasteiger charge is 2.04. The van der Waals surface area contributed by atoms with E-state index in [4.69, 9.17) is 16.3 Å². The van der Waals surface area contributed by atoms with Crippen molar-refractivity contribution in [2.45, 2.75) is 32.5 Å². The molecule has 0 saturated heterocycles. The van der Waals surface area contributed by atoms with Crippen molar-refractivity contribution in [2.75, 3.05) is 6.61 Å². The molecule has 0 spiro atoms. The predicted octanol–water partition coefficient (Wildman–Crippen LogP) is 3.78. The first-order valence-corrected chi connectivity index (χ1v) is 7.89. The van der Waals surface area contributed by atoms with E-state index in [0.29, 0.717) is 6.61 Å². The van der Waals surface area contributed by atoms with Crippen LogP contribution in [0.1, 0.15) is 24.5 Å². The molecule has 3 nitrogen and oxygen atoms in total. The highest BCUT2D eigenvalue weighted by atomic mass is 35.5. The van der Waals surface area contributed by atoms with Crippen LogP contribution in [0.25, 0.3) is 0 Å². The first-order valence-electron chi connectivity index (χ1n) is 7.51. The lowest BCUT2D eigenvalue weighted by molar-refractivity contribution is 0.238. The molecular formula is C18H22ClNO2. The van der Waals surface area contributed by atoms with Crippen LogP contribution in [0.4, 0.5) is 0 Å². The van der Waals surface area contributed by atoms with Crippen LogP contribution in [0.5, 0.6) is 5.75 Å². The summed E-state index contributed by atoms with van der Waals surface area (Å²) < 4.78 is 5.81. The van der Waals surface area contributed by atoms with E-state index in [1.807, 2.05) is 48.5 Å². The van der Waals surface area contributed by atoms with Crippen LogP contribution in [0.2, 0.25) is 5.02 Å². The van der Waals surface area contributed by atoms with Gasteiger partial charge >= 0.3 is 0 Å². The molecule has 0 aliphatic rings. The van der Waals surface area contributed by atoms with Crippen molar-refractivity contribution in [3.8, 4) is 5.75 Å². The lowest BCUT2D eigenvalue weighted by Gasteiger charge is -2.14. The van der Waals surface area contributed by atoms with Gasteiger partial charge in [-0.15, -0.1) is 0 Å². The van der Waals surface area contributed by atoms with Gasteiger partial charge in [-0.25, -0.2) is 0 Å². The highest BCUT2D eigenvalue weighted by molar-refractivity contribution is 6.30. The topological polar surface area (TPSA) is 41.5 Å². The van der Waals surface area contributed by atoms with Crippen molar-refractivity contribution in [3.63, 3.8) is 0 Å². The van der Waals surface area contributed by atoms with Gasteiger partial charge in [-0.05, 0) is 41.8 Å². The Morgan fingerprint density at radius 1 is 1.14 bits per heavy atom. The van der Waals surface area contributed by atoms with Gasteiger partial charge < -0.3 is 15.2 Å². The summed E-state index contributed by atoms with van der Waals surface area (Å²) in [4.78, 5) is 0. The smallest absolute Gasteiger partial charge is 0.120 e. The first kappa shape index (κ1) is 16.8. The zero-order valence-corrected chi connectivity index (χ0v) is 13.5. The standard InChI is InChI=1S/C18H22ClNO2/c1-2-17(12-21)20-11-15-4-3-5-18(10-15)22-13-14-6-8-16(19)9-7-14/h3-10,17,20-21H,2,11-13H2,1H3/t17-/m0/s1. The molecule has 0 bridgehead atoms. The van der Waals surface area contributed by atoms with Crippen molar-refractivity contribution >= 4 is 11.6 Å². The van der Waals surface area contributed by atoms with Gasteiger partial charge in [0, 0.05) is 17.6 Å². The second-order valence-electron chi connectivity index (χ2n) is 5.23. The van der Waals surface area contributed by atoms with E-state index >= 15 is 0 Å². The van der Waals surface area contributed by atoms with Crippen LogP contribution in [-0.4, -0.2) is 17.8 Å². The molecule has 118 valence electrons. The molecule has 4 heteroatoms. The van der Waals surface area contributed by atoms with Gasteiger partial charge in [0.15, 0.2) is 0 Å². The van der Waals surface area contributed by atoms with Gasteiger partial charge in [-0.1, -0.05) is 42.8 Å². The van der Waals surface area contributed by atoms with Crippen LogP contribution < -0.4 is 10.1 Å². The zero-order chi connectivity index (χ0) is 15.8. The summed E-state index contributed by atoms with van der Waals surface area (Å²) in [6, 6.07) is 15.8. The van der Waals surface area contributed by atoms with E-state index in [-0.39, 0.29) is 12.6 Å². The minimum Gasteiger partial charge on any atom is -0.489 e. The molecule has 2 rings (SSSR count). The third-order valence-corrected chi connectivity index (χ3v) is 3.78. The van der Waals surface area contributed by atoms with Crippen LogP contribution >= 0.6 is 11.6 Å². The van der Waals surface area contributed by atoms with Gasteiger partial charge in [0.05, 0.1) is 6.61 Å². The molecule has 0 aromatic heterocycles. The van der Waals surface area contributed by atoms with Crippen LogP contribution in [0.15, 0.2) is 48.5 Å². The summed E-state index contributed by atoms with van der Waals surface area (Å²) >= 11 is 5.87. The Labute approximate surface area is 136 Å². The molecule has 22 heavy (non-hydrogen) atoms. The normalized spacial score (nSPS) is 12.1. The summed E-state index contributed by atoms with van der Waals surface area (Å²) in [5.41, 5.74) is 2.22. The number of ether oxygens (including phenoxy) is 1. The number of halogens is 1. The van der Waals surface area contributed by atoms with E-state index in [2.05, 4.69) is 12.2 Å². The number of hydrogen-bond acceptors (Lipinski definition) is 3. The van der Waals surface area contributed by atoms with Gasteiger partial charge in [-0.2, -0.15) is 0 Å². The molecule has 2 aromatic carbocycles. The molecule has 0 saturated carbocycles. The third-order valence-electron chi connectivity index (χ3n) is 3.53. The Morgan fingerprint density at radius 3 is 2.59 bits per heavy atom. The number of aliphatic hydroxyl groups excluding tert-OH is 1. The molecule has 0 aliphatic heterocycles. The van der Waals surface area contributed by atoms with Gasteiger partial charge in [0.1, 0.15) is 12.4 Å². The second-order valence-corrected chi connectivity index (χ2v) is 5.67. The van der Waals surface area contributed by atoms with Crippen molar-refractivity contribution in [2.24, 2.45) is 0 Å². The molecule has 0 fully saturated rings. The minimum absolute atomic E-state index is 0.138. The average molecular weight is 320 g/mol. The predicted molar refractivity (Wildman–Crippen MR) is 90.2 cm³/mol. The van der Waals surface area contributed by atoms with Crippen molar-refractivity contribution in [3.05, 3.63) is 64.7 Å². The Hall–Kier alpha value is -1.55. The van der Waals surface area contributed by atoms with E-state index in [1.165, 1.54) is 0 Å². The molecule has 0 aliphatic carbocycles. The number of hydrogen-bond donors (Lipinski definition) is 2. The Balaban J connectivity index is 1.89. The van der Waals surface area contributed by atoms with E-state index < -0.39 is 0 Å². The summed E-state index contributed by atoms with van der Waals surface area (Å²) in [7, 11) is 0. The zero-order valence-electron chi connectivity index (χ0n) is 12.8. The number of aliphatic hydroxyl groups is 1. The lowest BCUT2D eigenvalue weighted by Crippen LogP contribution is -2.31. The lowest BCUT2D eigenvalue weighted by atomic mass is 10.2. The van der Waals surface area contributed by atoms with Crippen LogP contribution in [0, 0.1) is 0 Å². The number of benzene rings is 2. The first-order chi connectivity index (χ1) is 10.7. The Bertz CT molecular complexity index is 568. The summed E-state index contributed by atoms with van der Waals surface area (Å²) in [6.45, 7) is 3.45. The maximum absolute atomic E-state index is 9.19. The summed E-state index contributed by atoms with van der Waals surface area (Å²) in [5.74, 6) is 0.839. The highest BCUT2D eigenvalue weighted by Crippen LogP contribution is 2.16. The fourth-order valence-corrected chi connectivity index (χ4v) is 2.22. The summed E-state index contributed by atoms with van der Waals surface area (Å²) in [5, 5.41) is 13.2. The minimum atomic E-state index is 0.138. The monoisotopic (exact) mass is 319 g/mol. The SMILES string of the molecule is CC[C@@H](CO)NCc1cccc(OCc2ccc(Cl)cc2)c1. The molecule has 2 N–H and O–H groups in total. The Morgan fingerprint density at radius 2 is 1.91 bits per heavy atom. The van der Waals surface area contributed by atoms with E-state index in [0.717, 1.165) is 34.9 Å². The molecule has 0 heterocycles. The van der Waals surface area contributed by atoms with Crippen molar-refractivity contribution < 1.29 is 9.84 Å². The Kier molecular flexibility index (Phi) is 6.72. The molecule has 2 aromatic rings. The summed E-state index contributed by atoms with van der Waals surface area (Å²) in [6.07, 6.45) is 0.906. The third kappa shape index (κ3) is 5.34. The largest absolute Gasteiger partial charge is 0.489 e. The molecule has 0 unspecified atom stereocenters. The molecular weight excluding hydrogens is 298 g/mol. The van der Waals surface area contributed by atoms with Crippen LogP contribution in [-0.2, 0) is 13.2 Å². The van der Waals surface area contributed by atoms with E-state index in [1.54, 1.807) is 0 Å². The number of nitrogens with one attached hydrogen (secondary N) is 1. The average Bonchev–Trinajstić information content (AvgIpc) is 2.56. The molecule has 1 atom stereocenters.